The third-order valence-corrected chi connectivity index (χ3v) is 0. The summed E-state index contributed by atoms with van der Waals surface area (Å²) in [7, 11) is 0. The smallest absolute Gasteiger partial charge is 0.512 e. The number of hydrogen-bond acceptors (Lipinski definition) is 6. The van der Waals surface area contributed by atoms with Gasteiger partial charge in [-0.05, 0) is 0 Å². The van der Waals surface area contributed by atoms with Crippen LogP contribution in [0.25, 0.3) is 0 Å². The second-order valence-corrected chi connectivity index (χ2v) is 0. The van der Waals surface area contributed by atoms with Gasteiger partial charge in [0.05, 0.1) is 0 Å². The summed E-state index contributed by atoms with van der Waals surface area (Å²) >= 11 is 0. The second-order valence-electron chi connectivity index (χ2n) is 0. The summed E-state index contributed by atoms with van der Waals surface area (Å²) in [5, 5.41) is 37.5. The van der Waals surface area contributed by atoms with Crippen molar-refractivity contribution in [2.45, 2.75) is 0 Å². The Hall–Kier alpha value is -0.0210. The van der Waals surface area contributed by atoms with Gasteiger partial charge in [0.1, 0.15) is 0 Å². The van der Waals surface area contributed by atoms with E-state index in [-0.39, 0.29) is 92.5 Å². The van der Waals surface area contributed by atoms with Gasteiger partial charge in [0.15, 0.2) is 0 Å². The van der Waals surface area contributed by atoms with E-state index in [1.165, 1.54) is 0 Å². The average molecular weight is 292 g/mol. The summed E-state index contributed by atoms with van der Waals surface area (Å²) in [6, 6.07) is 0. The van der Waals surface area contributed by atoms with Crippen LogP contribution in [0.2, 0.25) is 0 Å². The molecular formula is C6Ca2FeN6. The summed E-state index contributed by atoms with van der Waals surface area (Å²) in [5.74, 6) is 0. The van der Waals surface area contributed by atoms with Crippen LogP contribution in [0.15, 0.2) is 0 Å². The molecule has 0 aromatic rings. The molecule has 0 aliphatic heterocycles. The van der Waals surface area contributed by atoms with Crippen LogP contribution >= 0.6 is 0 Å². The zero-order valence-electron chi connectivity index (χ0n) is 7.45. The van der Waals surface area contributed by atoms with Crippen LogP contribution in [0.3, 0.4) is 0 Å². The Labute approximate surface area is 161 Å². The summed E-state index contributed by atoms with van der Waals surface area (Å²) in [5.41, 5.74) is 0. The number of nitrogens with zero attached hydrogens (tertiary/aromatic N) is 6. The molecule has 0 unspecified atom stereocenters. The van der Waals surface area contributed by atoms with Crippen molar-refractivity contribution in [1.82, 2.24) is 0 Å². The first-order valence-electron chi connectivity index (χ1n) is 1.34. The molecule has 0 rings (SSSR count). The standard InChI is InChI=1S/6CN.2Ca.Fe/c6*1-2;;;/q6*-1;3*+2. The fourth-order valence-corrected chi connectivity index (χ4v) is 0. The molecule has 0 N–H and O–H groups in total. The van der Waals surface area contributed by atoms with Crippen molar-refractivity contribution >= 4 is 75.5 Å². The van der Waals surface area contributed by atoms with E-state index in [0.717, 1.165) is 0 Å². The van der Waals surface area contributed by atoms with Crippen LogP contribution in [0, 0.1) is 71.0 Å². The van der Waals surface area contributed by atoms with Gasteiger partial charge in [0.25, 0.3) is 0 Å². The quantitative estimate of drug-likeness (QED) is 0.447. The van der Waals surface area contributed by atoms with Crippen molar-refractivity contribution in [3.05, 3.63) is 39.4 Å². The molecule has 0 heterocycles. The van der Waals surface area contributed by atoms with Crippen LogP contribution in [0.1, 0.15) is 0 Å². The minimum Gasteiger partial charge on any atom is -0.512 e. The summed E-state index contributed by atoms with van der Waals surface area (Å²) < 4.78 is 0. The summed E-state index contributed by atoms with van der Waals surface area (Å²) in [6.07, 6.45) is 0. The molecule has 0 fully saturated rings. The maximum Gasteiger partial charge on any atom is 2.00 e. The molecule has 0 amide bonds. The Morgan fingerprint density at radius 3 is 0.333 bits per heavy atom. The van der Waals surface area contributed by atoms with Gasteiger partial charge in [0.2, 0.25) is 0 Å². The first-order valence-corrected chi connectivity index (χ1v) is 1.34. The molecule has 0 aromatic carbocycles. The minimum absolute atomic E-state index is 0. The molecule has 15 heavy (non-hydrogen) atoms. The molecule has 9 heteroatoms. The van der Waals surface area contributed by atoms with E-state index in [4.69, 9.17) is 71.0 Å². The van der Waals surface area contributed by atoms with Crippen LogP contribution in [-0.4, -0.2) is 75.5 Å². The Balaban J connectivity index is -0.00000000396. The molecule has 0 saturated carbocycles. The van der Waals surface area contributed by atoms with Crippen molar-refractivity contribution < 1.29 is 17.1 Å². The zero-order valence-corrected chi connectivity index (χ0v) is 13.0. The van der Waals surface area contributed by atoms with Gasteiger partial charge in [-0.25, -0.2) is 0 Å². The third-order valence-electron chi connectivity index (χ3n) is 0. The van der Waals surface area contributed by atoms with Crippen molar-refractivity contribution in [2.24, 2.45) is 0 Å². The van der Waals surface area contributed by atoms with E-state index in [1.807, 2.05) is 0 Å². The van der Waals surface area contributed by atoms with E-state index in [1.54, 1.807) is 0 Å². The first kappa shape index (κ1) is 81.9. The van der Waals surface area contributed by atoms with Crippen LogP contribution < -0.4 is 0 Å². The number of rotatable bonds is 0. The molecule has 0 aliphatic rings. The van der Waals surface area contributed by atoms with Crippen molar-refractivity contribution in [1.29, 1.82) is 31.6 Å². The number of hydrogen-bond donors (Lipinski definition) is 0. The van der Waals surface area contributed by atoms with Gasteiger partial charge in [-0.3, -0.25) is 0 Å². The van der Waals surface area contributed by atoms with E-state index in [0.29, 0.717) is 0 Å². The third kappa shape index (κ3) is 4530000. The molecule has 0 saturated heterocycles. The SMILES string of the molecule is [C-]#N.[C-]#N.[C-]#N.[C-]#N.[C-]#N.[C-]#N.[Ca+2].[Ca+2].[Fe+2]. The molecule has 0 bridgehead atoms. The molecule has 0 atom stereocenters. The Bertz CT molecular complexity index is 101. The van der Waals surface area contributed by atoms with Gasteiger partial charge in [-0.2, -0.15) is 0 Å². The van der Waals surface area contributed by atoms with Gasteiger partial charge >= 0.3 is 92.5 Å². The molecule has 0 aliphatic carbocycles. The topological polar surface area (TPSA) is 143 Å². The van der Waals surface area contributed by atoms with Crippen LogP contribution in [0.4, 0.5) is 0 Å². The van der Waals surface area contributed by atoms with Crippen LogP contribution in [-0.2, 0) is 17.1 Å². The van der Waals surface area contributed by atoms with Crippen molar-refractivity contribution in [3.8, 4) is 0 Å². The van der Waals surface area contributed by atoms with E-state index in [9.17, 15) is 0 Å². The van der Waals surface area contributed by atoms with E-state index < -0.39 is 0 Å². The Morgan fingerprint density at radius 1 is 0.333 bits per heavy atom. The summed E-state index contributed by atoms with van der Waals surface area (Å²) in [6.45, 7) is 28.5. The predicted octanol–water partition coefficient (Wildman–Crippen LogP) is -0.186. The van der Waals surface area contributed by atoms with Gasteiger partial charge < -0.3 is 71.0 Å². The molecule has 66 valence electrons. The van der Waals surface area contributed by atoms with Crippen molar-refractivity contribution in [3.63, 3.8) is 0 Å². The van der Waals surface area contributed by atoms with Gasteiger partial charge in [-0.15, -0.1) is 0 Å². The fraction of sp³-hybridized carbons (Fsp3) is 0. The fourth-order valence-electron chi connectivity index (χ4n) is 0. The van der Waals surface area contributed by atoms with Gasteiger partial charge in [0, 0.05) is 0 Å². The van der Waals surface area contributed by atoms with Gasteiger partial charge in [-0.1, -0.05) is 0 Å². The monoisotopic (exact) mass is 292 g/mol. The van der Waals surface area contributed by atoms with E-state index in [2.05, 4.69) is 0 Å². The second kappa shape index (κ2) is 5320000. The average Bonchev–Trinajstić information content (AvgIpc) is 2.33. The molecule has 0 radical (unpaired) electrons. The van der Waals surface area contributed by atoms with Crippen LogP contribution in [0.5, 0.6) is 0 Å². The molecular weight excluding hydrogens is 292 g/mol. The molecule has 6 nitrogen and oxygen atoms in total. The normalized spacial score (nSPS) is 0.800. The molecule has 0 spiro atoms. The predicted molar refractivity (Wildman–Crippen MR) is 41.3 cm³/mol. The maximum atomic E-state index is 6.25. The minimum atomic E-state index is 0. The Kier molecular flexibility index (Phi) is 29000000. The molecule has 0 aromatic heterocycles. The Morgan fingerprint density at radius 2 is 0.333 bits per heavy atom. The summed E-state index contributed by atoms with van der Waals surface area (Å²) in [4.78, 5) is 0. The van der Waals surface area contributed by atoms with Crippen molar-refractivity contribution in [2.75, 3.05) is 0 Å². The first-order chi connectivity index (χ1) is 6.00. The largest absolute Gasteiger partial charge is 2.00 e. The maximum absolute atomic E-state index is 6.25. The van der Waals surface area contributed by atoms with E-state index >= 15 is 0 Å². The zero-order chi connectivity index (χ0) is 12.0.